The average molecular weight is 622 g/mol. The Kier molecular flexibility index (Phi) is 6.16. The summed E-state index contributed by atoms with van der Waals surface area (Å²) in [5.41, 5.74) is 7.28. The second kappa shape index (κ2) is 10.4. The molecule has 0 bridgehead atoms. The molecule has 224 valence electrons. The van der Waals surface area contributed by atoms with E-state index < -0.39 is 7.14 Å². The molecule has 0 amide bonds. The Morgan fingerprint density at radius 1 is 0.468 bits per heavy atom. The van der Waals surface area contributed by atoms with Gasteiger partial charge in [0.2, 0.25) is 0 Å². The maximum absolute atomic E-state index is 14.9. The number of rotatable bonds is 4. The normalized spacial score (nSPS) is 13.6. The average Bonchev–Trinajstić information content (AvgIpc) is 3.36. The van der Waals surface area contributed by atoms with Crippen LogP contribution in [0.25, 0.3) is 54.7 Å². The number of nitrogens with zero attached hydrogens (tertiary/aromatic N) is 1. The molecule has 47 heavy (non-hydrogen) atoms. The number of hydrogen-bond acceptors (Lipinski definition) is 2. The van der Waals surface area contributed by atoms with Crippen LogP contribution in [0.1, 0.15) is 25.0 Å². The minimum absolute atomic E-state index is 0.0668. The van der Waals surface area contributed by atoms with Crippen molar-refractivity contribution in [1.82, 2.24) is 4.98 Å². The summed E-state index contributed by atoms with van der Waals surface area (Å²) in [5, 5.41) is 9.85. The molecule has 7 aromatic carbocycles. The molecule has 1 aliphatic carbocycles. The lowest BCUT2D eigenvalue weighted by Crippen LogP contribution is -2.25. The first-order valence-electron chi connectivity index (χ1n) is 16.2. The Labute approximate surface area is 274 Å². The first kappa shape index (κ1) is 28.0. The lowest BCUT2D eigenvalue weighted by Gasteiger charge is -2.22. The van der Waals surface area contributed by atoms with Crippen LogP contribution >= 0.6 is 7.14 Å². The Morgan fingerprint density at radius 3 is 1.70 bits per heavy atom. The van der Waals surface area contributed by atoms with Crippen molar-refractivity contribution >= 4 is 55.4 Å². The molecule has 0 radical (unpaired) electrons. The monoisotopic (exact) mass is 621 g/mol. The Bertz CT molecular complexity index is 2510. The summed E-state index contributed by atoms with van der Waals surface area (Å²) >= 11 is 0. The molecule has 9 rings (SSSR count). The zero-order chi connectivity index (χ0) is 31.8. The summed E-state index contributed by atoms with van der Waals surface area (Å²) in [6, 6.07) is 52.7. The number of aromatic nitrogens is 1. The van der Waals surface area contributed by atoms with Gasteiger partial charge in [0, 0.05) is 33.1 Å². The molecule has 0 N–H and O–H groups in total. The third kappa shape index (κ3) is 4.12. The zero-order valence-electron chi connectivity index (χ0n) is 26.3. The fraction of sp³-hybridized carbons (Fsp3) is 0.0682. The molecule has 0 aliphatic heterocycles. The van der Waals surface area contributed by atoms with E-state index in [2.05, 4.69) is 92.7 Å². The van der Waals surface area contributed by atoms with Gasteiger partial charge in [-0.3, -0.25) is 4.98 Å². The van der Waals surface area contributed by atoms with Gasteiger partial charge in [0.1, 0.15) is 0 Å². The molecule has 8 aromatic rings. The van der Waals surface area contributed by atoms with Crippen molar-refractivity contribution in [2.45, 2.75) is 19.3 Å². The van der Waals surface area contributed by atoms with E-state index in [1.807, 2.05) is 79.0 Å². The van der Waals surface area contributed by atoms with Crippen LogP contribution < -0.4 is 15.9 Å². The van der Waals surface area contributed by atoms with Crippen molar-refractivity contribution in [3.05, 3.63) is 169 Å². The highest BCUT2D eigenvalue weighted by molar-refractivity contribution is 7.85. The second-order valence-corrected chi connectivity index (χ2v) is 15.9. The standard InChI is InChI=1S/C44H32NOP/c1-44(2)41-20-12-11-19-36(41)40-26-38-34-18-10-9-17-33(34)37-25-29(21-23-35(37)39(38)27-42(40)44)43-24-22-32(28-45-43)47(46,30-13-5-3-6-14-30)31-15-7-4-8-16-31/h3-28H,1-2H3. The van der Waals surface area contributed by atoms with Crippen molar-refractivity contribution in [2.24, 2.45) is 0 Å². The van der Waals surface area contributed by atoms with Crippen molar-refractivity contribution in [1.29, 1.82) is 0 Å². The minimum atomic E-state index is -3.09. The summed E-state index contributed by atoms with van der Waals surface area (Å²) in [4.78, 5) is 4.93. The number of fused-ring (bicyclic) bond motifs is 9. The quantitative estimate of drug-likeness (QED) is 0.145. The van der Waals surface area contributed by atoms with E-state index in [1.165, 1.54) is 54.6 Å². The minimum Gasteiger partial charge on any atom is -0.309 e. The van der Waals surface area contributed by atoms with Gasteiger partial charge < -0.3 is 4.57 Å². The lowest BCUT2D eigenvalue weighted by molar-refractivity contribution is 0.592. The summed E-state index contributed by atoms with van der Waals surface area (Å²) in [7, 11) is -3.09. The molecule has 1 aromatic heterocycles. The third-order valence-corrected chi connectivity index (χ3v) is 13.2. The van der Waals surface area contributed by atoms with E-state index in [9.17, 15) is 4.57 Å². The maximum atomic E-state index is 14.9. The van der Waals surface area contributed by atoms with Crippen LogP contribution in [0.4, 0.5) is 0 Å². The molecular formula is C44H32NOP. The summed E-state index contributed by atoms with van der Waals surface area (Å²) in [6.45, 7) is 4.68. The van der Waals surface area contributed by atoms with E-state index in [0.717, 1.165) is 27.2 Å². The van der Waals surface area contributed by atoms with Gasteiger partial charge in [0.05, 0.1) is 5.69 Å². The molecule has 1 aliphatic rings. The van der Waals surface area contributed by atoms with Gasteiger partial charge in [-0.25, -0.2) is 0 Å². The van der Waals surface area contributed by atoms with Gasteiger partial charge in [0.25, 0.3) is 0 Å². The molecule has 1 heterocycles. The van der Waals surface area contributed by atoms with E-state index in [1.54, 1.807) is 0 Å². The van der Waals surface area contributed by atoms with E-state index >= 15 is 0 Å². The van der Waals surface area contributed by atoms with Crippen LogP contribution in [-0.2, 0) is 9.98 Å². The molecule has 0 fully saturated rings. The predicted molar refractivity (Wildman–Crippen MR) is 199 cm³/mol. The van der Waals surface area contributed by atoms with Gasteiger partial charge in [-0.05, 0) is 84.9 Å². The molecule has 0 saturated carbocycles. The van der Waals surface area contributed by atoms with Crippen LogP contribution in [-0.4, -0.2) is 4.98 Å². The van der Waals surface area contributed by atoms with Crippen LogP contribution in [0.5, 0.6) is 0 Å². The van der Waals surface area contributed by atoms with E-state index in [0.29, 0.717) is 0 Å². The van der Waals surface area contributed by atoms with Crippen LogP contribution in [0.15, 0.2) is 158 Å². The van der Waals surface area contributed by atoms with Gasteiger partial charge in [-0.15, -0.1) is 0 Å². The molecule has 0 unspecified atom stereocenters. The number of hydrogen-bond donors (Lipinski definition) is 0. The topological polar surface area (TPSA) is 30.0 Å². The Morgan fingerprint density at radius 2 is 1.04 bits per heavy atom. The zero-order valence-corrected chi connectivity index (χ0v) is 27.2. The Hall–Kier alpha value is -5.30. The van der Waals surface area contributed by atoms with Crippen molar-refractivity contribution in [2.75, 3.05) is 0 Å². The molecule has 2 nitrogen and oxygen atoms in total. The fourth-order valence-electron chi connectivity index (χ4n) is 7.77. The van der Waals surface area contributed by atoms with Crippen LogP contribution in [0, 0.1) is 0 Å². The second-order valence-electron chi connectivity index (χ2n) is 13.1. The van der Waals surface area contributed by atoms with E-state index in [-0.39, 0.29) is 5.41 Å². The largest absolute Gasteiger partial charge is 0.309 e. The summed E-state index contributed by atoms with van der Waals surface area (Å²) in [5.74, 6) is 0. The molecule has 3 heteroatoms. The predicted octanol–water partition coefficient (Wildman–Crippen LogP) is 10.2. The first-order valence-corrected chi connectivity index (χ1v) is 17.9. The highest BCUT2D eigenvalue weighted by atomic mass is 31.2. The molecule has 0 saturated heterocycles. The maximum Gasteiger partial charge on any atom is 0.172 e. The Balaban J connectivity index is 1.21. The van der Waals surface area contributed by atoms with Crippen molar-refractivity contribution in [3.63, 3.8) is 0 Å². The fourth-order valence-corrected chi connectivity index (χ4v) is 10.4. The highest BCUT2D eigenvalue weighted by Crippen LogP contribution is 2.51. The lowest BCUT2D eigenvalue weighted by atomic mass is 9.81. The van der Waals surface area contributed by atoms with Gasteiger partial charge >= 0.3 is 0 Å². The number of benzene rings is 7. The van der Waals surface area contributed by atoms with Crippen molar-refractivity contribution in [3.8, 4) is 22.4 Å². The first-order chi connectivity index (χ1) is 22.9. The molecule has 0 atom stereocenters. The van der Waals surface area contributed by atoms with E-state index in [4.69, 9.17) is 4.98 Å². The van der Waals surface area contributed by atoms with Crippen LogP contribution in [0.3, 0.4) is 0 Å². The highest BCUT2D eigenvalue weighted by Gasteiger charge is 2.36. The van der Waals surface area contributed by atoms with Gasteiger partial charge in [-0.1, -0.05) is 135 Å². The summed E-state index contributed by atoms with van der Waals surface area (Å²) < 4.78 is 14.9. The molecule has 0 spiro atoms. The van der Waals surface area contributed by atoms with Gasteiger partial charge in [-0.2, -0.15) is 0 Å². The van der Waals surface area contributed by atoms with Crippen molar-refractivity contribution < 1.29 is 4.57 Å². The number of pyridine rings is 1. The smallest absolute Gasteiger partial charge is 0.172 e. The van der Waals surface area contributed by atoms with Crippen LogP contribution in [0.2, 0.25) is 0 Å². The third-order valence-electron chi connectivity index (χ3n) is 10.2. The SMILES string of the molecule is CC1(C)c2ccccc2-c2cc3c4ccccc4c4cc(-c5ccc(P(=O)(c6ccccc6)c6ccccc6)cn5)ccc4c3cc21. The van der Waals surface area contributed by atoms with Gasteiger partial charge in [0.15, 0.2) is 7.14 Å². The summed E-state index contributed by atoms with van der Waals surface area (Å²) in [6.07, 6.45) is 1.81. The molecular weight excluding hydrogens is 589 g/mol.